The molecule has 76 valence electrons. The molecule has 0 bridgehead atoms. The molecule has 2 rings (SSSR count). The number of rotatable bonds is 4. The highest BCUT2D eigenvalue weighted by Gasteiger charge is 2.22. The largest absolute Gasteiger partial charge is 0.497 e. The zero-order valence-corrected chi connectivity index (χ0v) is 8.54. The van der Waals surface area contributed by atoms with Gasteiger partial charge in [-0.25, -0.2) is 0 Å². The molecule has 14 heavy (non-hydrogen) atoms. The molecule has 1 saturated carbocycles. The van der Waals surface area contributed by atoms with Gasteiger partial charge in [-0.05, 0) is 25.0 Å². The van der Waals surface area contributed by atoms with Gasteiger partial charge in [-0.1, -0.05) is 0 Å². The van der Waals surface area contributed by atoms with Crippen molar-refractivity contribution in [2.45, 2.75) is 18.9 Å². The minimum absolute atomic E-state index is 0.636. The Morgan fingerprint density at radius 1 is 1.21 bits per heavy atom. The topological polar surface area (TPSA) is 30.5 Å². The maximum absolute atomic E-state index is 5.27. The molecule has 1 fully saturated rings. The van der Waals surface area contributed by atoms with Gasteiger partial charge in [0.05, 0.1) is 19.9 Å². The van der Waals surface area contributed by atoms with Crippen LogP contribution in [-0.4, -0.2) is 20.3 Å². The van der Waals surface area contributed by atoms with Gasteiger partial charge in [-0.3, -0.25) is 0 Å². The summed E-state index contributed by atoms with van der Waals surface area (Å²) in [5, 5.41) is 3.41. The molecule has 0 heterocycles. The molecule has 0 unspecified atom stereocenters. The molecule has 1 aromatic carbocycles. The lowest BCUT2D eigenvalue weighted by atomic mass is 10.2. The van der Waals surface area contributed by atoms with Gasteiger partial charge in [0, 0.05) is 12.1 Å². The second-order valence-electron chi connectivity index (χ2n) is 3.48. The molecular weight excluding hydrogens is 178 g/mol. The van der Waals surface area contributed by atoms with Gasteiger partial charge < -0.3 is 14.8 Å². The van der Waals surface area contributed by atoms with Gasteiger partial charge in [-0.15, -0.1) is 0 Å². The van der Waals surface area contributed by atoms with Crippen molar-refractivity contribution in [3.63, 3.8) is 0 Å². The first-order valence-corrected chi connectivity index (χ1v) is 4.82. The fraction of sp³-hybridized carbons (Fsp3) is 0.455. The van der Waals surface area contributed by atoms with E-state index in [-0.39, 0.29) is 0 Å². The first-order valence-electron chi connectivity index (χ1n) is 4.82. The molecule has 0 aromatic heterocycles. The number of ether oxygens (including phenoxy) is 2. The van der Waals surface area contributed by atoms with Crippen molar-refractivity contribution in [3.8, 4) is 11.5 Å². The van der Waals surface area contributed by atoms with Gasteiger partial charge in [0.2, 0.25) is 0 Å². The van der Waals surface area contributed by atoms with Crippen LogP contribution < -0.4 is 14.8 Å². The van der Waals surface area contributed by atoms with Gasteiger partial charge in [0.25, 0.3) is 0 Å². The molecule has 0 amide bonds. The van der Waals surface area contributed by atoms with E-state index in [1.807, 2.05) is 18.2 Å². The number of anilines is 1. The van der Waals surface area contributed by atoms with Crippen molar-refractivity contribution in [3.05, 3.63) is 18.2 Å². The van der Waals surface area contributed by atoms with Gasteiger partial charge in [-0.2, -0.15) is 0 Å². The maximum Gasteiger partial charge on any atom is 0.145 e. The van der Waals surface area contributed by atoms with Crippen molar-refractivity contribution >= 4 is 5.69 Å². The number of nitrogens with one attached hydrogen (secondary N) is 1. The monoisotopic (exact) mass is 193 g/mol. The van der Waals surface area contributed by atoms with Crippen LogP contribution in [0.25, 0.3) is 0 Å². The molecule has 3 nitrogen and oxygen atoms in total. The van der Waals surface area contributed by atoms with E-state index in [0.717, 1.165) is 17.2 Å². The summed E-state index contributed by atoms with van der Waals surface area (Å²) in [5.41, 5.74) is 1.05. The Balaban J connectivity index is 2.19. The van der Waals surface area contributed by atoms with E-state index in [4.69, 9.17) is 9.47 Å². The summed E-state index contributed by atoms with van der Waals surface area (Å²) in [4.78, 5) is 0. The summed E-state index contributed by atoms with van der Waals surface area (Å²) in [6.45, 7) is 0. The quantitative estimate of drug-likeness (QED) is 0.795. The summed E-state index contributed by atoms with van der Waals surface area (Å²) in [7, 11) is 3.33. The summed E-state index contributed by atoms with van der Waals surface area (Å²) in [6, 6.07) is 6.46. The van der Waals surface area contributed by atoms with E-state index in [2.05, 4.69) is 5.32 Å². The third kappa shape index (κ3) is 1.92. The molecular formula is C11H15NO2. The van der Waals surface area contributed by atoms with E-state index in [1.165, 1.54) is 12.8 Å². The molecule has 1 aliphatic rings. The van der Waals surface area contributed by atoms with Crippen LogP contribution in [0.2, 0.25) is 0 Å². The van der Waals surface area contributed by atoms with Crippen LogP contribution >= 0.6 is 0 Å². The summed E-state index contributed by atoms with van der Waals surface area (Å²) >= 11 is 0. The maximum atomic E-state index is 5.27. The molecule has 1 aromatic rings. The Morgan fingerprint density at radius 2 is 2.00 bits per heavy atom. The summed E-state index contributed by atoms with van der Waals surface area (Å²) in [6.07, 6.45) is 2.52. The van der Waals surface area contributed by atoms with Crippen molar-refractivity contribution < 1.29 is 9.47 Å². The molecule has 1 aliphatic carbocycles. The molecule has 0 spiro atoms. The SMILES string of the molecule is COc1ccc(NC2CC2)c(OC)c1. The first kappa shape index (κ1) is 9.19. The third-order valence-electron chi connectivity index (χ3n) is 2.35. The molecule has 3 heteroatoms. The smallest absolute Gasteiger partial charge is 0.145 e. The Kier molecular flexibility index (Phi) is 2.48. The average Bonchev–Trinajstić information content (AvgIpc) is 3.02. The Morgan fingerprint density at radius 3 is 2.57 bits per heavy atom. The van der Waals surface area contributed by atoms with Crippen molar-refractivity contribution in [1.82, 2.24) is 0 Å². The number of methoxy groups -OCH3 is 2. The molecule has 1 N–H and O–H groups in total. The highest BCUT2D eigenvalue weighted by atomic mass is 16.5. The first-order chi connectivity index (χ1) is 6.83. The predicted octanol–water partition coefficient (Wildman–Crippen LogP) is 2.28. The van der Waals surface area contributed by atoms with Gasteiger partial charge >= 0.3 is 0 Å². The second-order valence-corrected chi connectivity index (χ2v) is 3.48. The van der Waals surface area contributed by atoms with Crippen LogP contribution in [0.3, 0.4) is 0 Å². The summed E-state index contributed by atoms with van der Waals surface area (Å²) < 4.78 is 10.4. The van der Waals surface area contributed by atoms with Crippen molar-refractivity contribution in [2.24, 2.45) is 0 Å². The molecule has 0 saturated heterocycles. The van der Waals surface area contributed by atoms with Crippen LogP contribution in [0.1, 0.15) is 12.8 Å². The van der Waals surface area contributed by atoms with Gasteiger partial charge in [0.15, 0.2) is 0 Å². The fourth-order valence-electron chi connectivity index (χ4n) is 1.37. The summed E-state index contributed by atoms with van der Waals surface area (Å²) in [5.74, 6) is 1.67. The van der Waals surface area contributed by atoms with Crippen molar-refractivity contribution in [2.75, 3.05) is 19.5 Å². The Hall–Kier alpha value is -1.38. The lowest BCUT2D eigenvalue weighted by Crippen LogP contribution is -2.02. The predicted molar refractivity (Wildman–Crippen MR) is 56.2 cm³/mol. The van der Waals surface area contributed by atoms with Gasteiger partial charge in [0.1, 0.15) is 11.5 Å². The normalized spacial score (nSPS) is 15.0. The van der Waals surface area contributed by atoms with Crippen LogP contribution in [0.5, 0.6) is 11.5 Å². The van der Waals surface area contributed by atoms with E-state index in [0.29, 0.717) is 6.04 Å². The Labute approximate surface area is 84.0 Å². The highest BCUT2D eigenvalue weighted by molar-refractivity contribution is 5.60. The number of hydrogen-bond donors (Lipinski definition) is 1. The highest BCUT2D eigenvalue weighted by Crippen LogP contribution is 2.33. The van der Waals surface area contributed by atoms with E-state index in [9.17, 15) is 0 Å². The zero-order valence-electron chi connectivity index (χ0n) is 8.54. The second kappa shape index (κ2) is 3.78. The standard InChI is InChI=1S/C11H15NO2/c1-13-9-5-6-10(11(7-9)14-2)12-8-3-4-8/h5-8,12H,3-4H2,1-2H3. The van der Waals surface area contributed by atoms with Crippen LogP contribution in [0.4, 0.5) is 5.69 Å². The number of hydrogen-bond acceptors (Lipinski definition) is 3. The third-order valence-corrected chi connectivity index (χ3v) is 2.35. The molecule has 0 atom stereocenters. The van der Waals surface area contributed by atoms with Crippen LogP contribution in [-0.2, 0) is 0 Å². The number of benzene rings is 1. The van der Waals surface area contributed by atoms with E-state index in [1.54, 1.807) is 14.2 Å². The lowest BCUT2D eigenvalue weighted by molar-refractivity contribution is 0.395. The zero-order chi connectivity index (χ0) is 9.97. The Bertz CT molecular complexity index is 321. The van der Waals surface area contributed by atoms with E-state index < -0.39 is 0 Å². The molecule has 0 aliphatic heterocycles. The minimum Gasteiger partial charge on any atom is -0.497 e. The minimum atomic E-state index is 0.636. The lowest BCUT2D eigenvalue weighted by Gasteiger charge is -2.11. The van der Waals surface area contributed by atoms with E-state index >= 15 is 0 Å². The van der Waals surface area contributed by atoms with Crippen molar-refractivity contribution in [1.29, 1.82) is 0 Å². The fourth-order valence-corrected chi connectivity index (χ4v) is 1.37. The average molecular weight is 193 g/mol. The van der Waals surface area contributed by atoms with Crippen LogP contribution in [0, 0.1) is 0 Å². The van der Waals surface area contributed by atoms with Crippen LogP contribution in [0.15, 0.2) is 18.2 Å². The molecule has 0 radical (unpaired) electrons.